The second-order valence-corrected chi connectivity index (χ2v) is 10.1. The molecule has 2 fully saturated rings. The first-order chi connectivity index (χ1) is 17.4. The molecular weight excluding hydrogens is 471 g/mol. The van der Waals surface area contributed by atoms with Gasteiger partial charge in [-0.05, 0) is 44.1 Å². The molecule has 0 aromatic carbocycles. The molecule has 2 aliphatic heterocycles. The number of alkyl halides is 1. The maximum atomic E-state index is 14.5. The van der Waals surface area contributed by atoms with Crippen LogP contribution in [0.2, 0.25) is 0 Å². The van der Waals surface area contributed by atoms with Crippen LogP contribution in [0.5, 0.6) is 5.75 Å². The SMILES string of the molecule is C[C@H](Oc1cnc(N2CC(N)[C@@H](C3CC(F)=CCC3F)C2)nc1)C1CCN(c2ncc(F)cn2)CC1. The van der Waals surface area contributed by atoms with Gasteiger partial charge in [0.2, 0.25) is 11.9 Å². The van der Waals surface area contributed by atoms with Crippen LogP contribution in [0.15, 0.2) is 36.7 Å². The summed E-state index contributed by atoms with van der Waals surface area (Å²) in [7, 11) is 0. The lowest BCUT2D eigenvalue weighted by molar-refractivity contribution is 0.132. The molecule has 8 nitrogen and oxygen atoms in total. The van der Waals surface area contributed by atoms with Crippen LogP contribution < -0.4 is 20.3 Å². The molecular formula is C25H32F3N7O. The number of nitrogens with two attached hydrogens (primary N) is 1. The topological polar surface area (TPSA) is 93.3 Å². The quantitative estimate of drug-likeness (QED) is 0.641. The van der Waals surface area contributed by atoms with Crippen LogP contribution in [0.1, 0.15) is 32.6 Å². The highest BCUT2D eigenvalue weighted by molar-refractivity contribution is 5.35. The maximum Gasteiger partial charge on any atom is 0.225 e. The summed E-state index contributed by atoms with van der Waals surface area (Å²) in [5, 5.41) is 0. The molecule has 36 heavy (non-hydrogen) atoms. The van der Waals surface area contributed by atoms with Gasteiger partial charge in [-0.25, -0.2) is 33.1 Å². The van der Waals surface area contributed by atoms with Gasteiger partial charge >= 0.3 is 0 Å². The molecule has 5 atom stereocenters. The van der Waals surface area contributed by atoms with Gasteiger partial charge in [0.05, 0.1) is 36.7 Å². The molecule has 2 N–H and O–H groups in total. The number of rotatable bonds is 6. The first kappa shape index (κ1) is 24.7. The third-order valence-electron chi connectivity index (χ3n) is 7.73. The Morgan fingerprint density at radius 3 is 2.28 bits per heavy atom. The van der Waals surface area contributed by atoms with Crippen molar-refractivity contribution in [2.24, 2.45) is 23.5 Å². The van der Waals surface area contributed by atoms with Gasteiger partial charge < -0.3 is 20.3 Å². The molecule has 3 unspecified atom stereocenters. The second-order valence-electron chi connectivity index (χ2n) is 10.1. The minimum Gasteiger partial charge on any atom is -0.487 e. The lowest BCUT2D eigenvalue weighted by Gasteiger charge is -2.34. The van der Waals surface area contributed by atoms with E-state index >= 15 is 0 Å². The number of aromatic nitrogens is 4. The second kappa shape index (κ2) is 10.6. The fraction of sp³-hybridized carbons (Fsp3) is 0.600. The predicted octanol–water partition coefficient (Wildman–Crippen LogP) is 3.45. The summed E-state index contributed by atoms with van der Waals surface area (Å²) in [6.07, 6.45) is 7.93. The predicted molar refractivity (Wildman–Crippen MR) is 130 cm³/mol. The number of nitrogens with zero attached hydrogens (tertiary/aromatic N) is 6. The van der Waals surface area contributed by atoms with E-state index in [1.165, 1.54) is 18.5 Å². The first-order valence-electron chi connectivity index (χ1n) is 12.6. The summed E-state index contributed by atoms with van der Waals surface area (Å²) in [5.74, 6) is 0.731. The summed E-state index contributed by atoms with van der Waals surface area (Å²) in [6.45, 7) is 4.60. The Bertz CT molecular complexity index is 1050. The molecule has 2 aromatic rings. The molecule has 0 saturated carbocycles. The average molecular weight is 504 g/mol. The number of hydrogen-bond acceptors (Lipinski definition) is 8. The van der Waals surface area contributed by atoms with Gasteiger partial charge in [0.15, 0.2) is 11.6 Å². The van der Waals surface area contributed by atoms with E-state index in [0.29, 0.717) is 36.7 Å². The molecule has 0 amide bonds. The minimum absolute atomic E-state index is 0.0314. The van der Waals surface area contributed by atoms with Crippen molar-refractivity contribution in [1.29, 1.82) is 0 Å². The molecule has 2 aromatic heterocycles. The average Bonchev–Trinajstić information content (AvgIpc) is 3.27. The minimum atomic E-state index is -1.08. The van der Waals surface area contributed by atoms with E-state index in [1.54, 1.807) is 12.4 Å². The van der Waals surface area contributed by atoms with E-state index in [0.717, 1.165) is 25.9 Å². The Balaban J connectivity index is 1.13. The first-order valence-corrected chi connectivity index (χ1v) is 12.6. The Labute approximate surface area is 208 Å². The smallest absolute Gasteiger partial charge is 0.225 e. The largest absolute Gasteiger partial charge is 0.487 e. The van der Waals surface area contributed by atoms with Crippen molar-refractivity contribution in [3.63, 3.8) is 0 Å². The molecule has 0 radical (unpaired) electrons. The summed E-state index contributed by atoms with van der Waals surface area (Å²) in [6, 6.07) is -0.259. The molecule has 194 valence electrons. The van der Waals surface area contributed by atoms with Crippen molar-refractivity contribution in [3.05, 3.63) is 42.5 Å². The van der Waals surface area contributed by atoms with Gasteiger partial charge in [-0.3, -0.25) is 0 Å². The van der Waals surface area contributed by atoms with Crippen LogP contribution in [-0.4, -0.2) is 64.4 Å². The zero-order valence-electron chi connectivity index (χ0n) is 20.3. The lowest BCUT2D eigenvalue weighted by atomic mass is 9.79. The van der Waals surface area contributed by atoms with Crippen molar-refractivity contribution in [3.8, 4) is 5.75 Å². The third-order valence-corrected chi connectivity index (χ3v) is 7.73. The Morgan fingerprint density at radius 2 is 1.58 bits per heavy atom. The number of anilines is 2. The highest BCUT2D eigenvalue weighted by atomic mass is 19.1. The lowest BCUT2D eigenvalue weighted by Crippen LogP contribution is -2.39. The zero-order valence-corrected chi connectivity index (χ0v) is 20.3. The fourth-order valence-electron chi connectivity index (χ4n) is 5.62. The van der Waals surface area contributed by atoms with Crippen LogP contribution in [0, 0.1) is 23.6 Å². The van der Waals surface area contributed by atoms with Crippen molar-refractivity contribution in [1.82, 2.24) is 19.9 Å². The van der Waals surface area contributed by atoms with E-state index in [2.05, 4.69) is 24.8 Å². The number of piperidine rings is 1. The van der Waals surface area contributed by atoms with Gasteiger partial charge in [0.1, 0.15) is 6.17 Å². The number of ether oxygens (including phenoxy) is 1. The van der Waals surface area contributed by atoms with Gasteiger partial charge in [-0.1, -0.05) is 0 Å². The van der Waals surface area contributed by atoms with Crippen LogP contribution in [-0.2, 0) is 0 Å². The standard InChI is InChI=1S/C25H32F3N7O/c1-15(16-4-6-34(7-5-16)24-30-9-18(27)10-31-24)36-19-11-32-25(33-12-19)35-13-21(23(29)14-35)20-8-17(26)2-3-22(20)28/h2,9-12,15-16,20-23H,3-8,13-14,29H2,1H3/t15-,20?,21+,22?,23?/m0/s1. The summed E-state index contributed by atoms with van der Waals surface area (Å²) < 4.78 is 47.5. The van der Waals surface area contributed by atoms with Gasteiger partial charge in [0, 0.05) is 44.6 Å². The van der Waals surface area contributed by atoms with E-state index in [4.69, 9.17) is 10.5 Å². The summed E-state index contributed by atoms with van der Waals surface area (Å²) in [5.41, 5.74) is 6.32. The molecule has 11 heteroatoms. The summed E-state index contributed by atoms with van der Waals surface area (Å²) in [4.78, 5) is 21.1. The molecule has 4 heterocycles. The fourth-order valence-corrected chi connectivity index (χ4v) is 5.62. The number of allylic oxidation sites excluding steroid dienone is 2. The van der Waals surface area contributed by atoms with E-state index < -0.39 is 17.9 Å². The molecule has 1 aliphatic carbocycles. The Kier molecular flexibility index (Phi) is 7.27. The van der Waals surface area contributed by atoms with Crippen LogP contribution in [0.25, 0.3) is 0 Å². The highest BCUT2D eigenvalue weighted by Gasteiger charge is 2.42. The highest BCUT2D eigenvalue weighted by Crippen LogP contribution is 2.38. The molecule has 2 saturated heterocycles. The van der Waals surface area contributed by atoms with Crippen molar-refractivity contribution >= 4 is 11.9 Å². The molecule has 0 spiro atoms. The van der Waals surface area contributed by atoms with E-state index in [9.17, 15) is 13.2 Å². The van der Waals surface area contributed by atoms with Gasteiger partial charge in [0.25, 0.3) is 0 Å². The van der Waals surface area contributed by atoms with Crippen molar-refractivity contribution in [2.75, 3.05) is 36.0 Å². The normalized spacial score (nSPS) is 28.2. The van der Waals surface area contributed by atoms with E-state index in [1.807, 2.05) is 11.8 Å². The van der Waals surface area contributed by atoms with Crippen molar-refractivity contribution < 1.29 is 17.9 Å². The van der Waals surface area contributed by atoms with E-state index in [-0.39, 0.29) is 36.7 Å². The zero-order chi connectivity index (χ0) is 25.2. The third kappa shape index (κ3) is 5.40. The number of halogens is 3. The molecule has 5 rings (SSSR count). The monoisotopic (exact) mass is 503 g/mol. The summed E-state index contributed by atoms with van der Waals surface area (Å²) >= 11 is 0. The van der Waals surface area contributed by atoms with Crippen LogP contribution in [0.3, 0.4) is 0 Å². The Hall–Kier alpha value is -2.95. The molecule has 3 aliphatic rings. The number of hydrogen-bond donors (Lipinski definition) is 1. The van der Waals surface area contributed by atoms with Crippen LogP contribution >= 0.6 is 0 Å². The van der Waals surface area contributed by atoms with Gasteiger partial charge in [-0.15, -0.1) is 0 Å². The van der Waals surface area contributed by atoms with Crippen molar-refractivity contribution in [2.45, 2.75) is 50.9 Å². The Morgan fingerprint density at radius 1 is 0.944 bits per heavy atom. The maximum absolute atomic E-state index is 14.5. The van der Waals surface area contributed by atoms with Gasteiger partial charge in [-0.2, -0.15) is 0 Å². The molecule has 0 bridgehead atoms. The van der Waals surface area contributed by atoms with Crippen LogP contribution in [0.4, 0.5) is 25.1 Å².